The third-order valence-corrected chi connectivity index (χ3v) is 1.97. The van der Waals surface area contributed by atoms with Crippen LogP contribution < -0.4 is 0 Å². The fourth-order valence-corrected chi connectivity index (χ4v) is 1.61. The molecule has 0 aromatic carbocycles. The van der Waals surface area contributed by atoms with Crippen molar-refractivity contribution in [2.24, 2.45) is 11.8 Å². The molecule has 0 aromatic heterocycles. The summed E-state index contributed by atoms with van der Waals surface area (Å²) in [5, 5.41) is 9.74. The minimum Gasteiger partial charge on any atom is -0.466 e. The number of aliphatic hydroxyl groups is 1. The minimum absolute atomic E-state index is 0.0825. The zero-order valence-electron chi connectivity index (χ0n) is 9.13. The van der Waals surface area contributed by atoms with Crippen molar-refractivity contribution in [3.8, 4) is 0 Å². The highest BCUT2D eigenvalue weighted by Crippen LogP contribution is 2.25. The summed E-state index contributed by atoms with van der Waals surface area (Å²) in [5.74, 6) is -0.684. The Balaban J connectivity index is 4.52. The fraction of sp³-hybridized carbons (Fsp3) is 0.900. The van der Waals surface area contributed by atoms with Crippen LogP contribution in [0, 0.1) is 11.8 Å². The molecule has 0 amide bonds. The maximum atomic E-state index is 11.4. The fourth-order valence-electron chi connectivity index (χ4n) is 1.61. The van der Waals surface area contributed by atoms with Gasteiger partial charge in [0.1, 0.15) is 0 Å². The number of carbonyl (C=O) groups excluding carboxylic acids is 1. The summed E-state index contributed by atoms with van der Waals surface area (Å²) in [6.45, 7) is 9.19. The van der Waals surface area contributed by atoms with E-state index in [-0.39, 0.29) is 11.9 Å². The molecule has 3 nitrogen and oxygen atoms in total. The van der Waals surface area contributed by atoms with Gasteiger partial charge in [-0.1, -0.05) is 13.8 Å². The lowest BCUT2D eigenvalue weighted by Crippen LogP contribution is -2.41. The van der Waals surface area contributed by atoms with Gasteiger partial charge >= 0.3 is 5.97 Å². The molecular formula is C10H20O3. The monoisotopic (exact) mass is 188 g/mol. The average molecular weight is 188 g/mol. The molecule has 1 N–H and O–H groups in total. The Bertz CT molecular complexity index is 167. The highest BCUT2D eigenvalue weighted by atomic mass is 16.5. The first-order chi connectivity index (χ1) is 5.80. The first kappa shape index (κ1) is 12.4. The van der Waals surface area contributed by atoms with E-state index < -0.39 is 11.5 Å². The molecule has 78 valence electrons. The van der Waals surface area contributed by atoms with Gasteiger partial charge in [0.25, 0.3) is 0 Å². The Morgan fingerprint density at radius 3 is 2.15 bits per heavy atom. The van der Waals surface area contributed by atoms with E-state index in [9.17, 15) is 9.90 Å². The Labute approximate surface area is 80.1 Å². The van der Waals surface area contributed by atoms with Gasteiger partial charge in [0.15, 0.2) is 0 Å². The van der Waals surface area contributed by atoms with Crippen molar-refractivity contribution in [3.63, 3.8) is 0 Å². The lowest BCUT2D eigenvalue weighted by atomic mass is 9.82. The van der Waals surface area contributed by atoms with Crippen LogP contribution in [0.15, 0.2) is 0 Å². The van der Waals surface area contributed by atoms with Gasteiger partial charge in [0, 0.05) is 0 Å². The smallest absolute Gasteiger partial charge is 0.312 e. The van der Waals surface area contributed by atoms with E-state index in [0.717, 1.165) is 0 Å². The minimum atomic E-state index is -1.01. The SMILES string of the molecule is CCOC(=O)C(C(C)C)C(C)(C)O. The summed E-state index contributed by atoms with van der Waals surface area (Å²) >= 11 is 0. The van der Waals surface area contributed by atoms with Crippen LogP contribution in [0.3, 0.4) is 0 Å². The Morgan fingerprint density at radius 1 is 1.46 bits per heavy atom. The Hall–Kier alpha value is -0.570. The normalized spacial score (nSPS) is 14.4. The van der Waals surface area contributed by atoms with E-state index in [0.29, 0.717) is 6.61 Å². The van der Waals surface area contributed by atoms with Crippen LogP contribution in [0.5, 0.6) is 0 Å². The lowest BCUT2D eigenvalue weighted by molar-refractivity contribution is -0.159. The average Bonchev–Trinajstić information content (AvgIpc) is 1.82. The van der Waals surface area contributed by atoms with Crippen molar-refractivity contribution < 1.29 is 14.6 Å². The molecule has 3 heteroatoms. The zero-order chi connectivity index (χ0) is 10.6. The molecule has 0 rings (SSSR count). The molecule has 0 bridgehead atoms. The molecule has 1 atom stereocenters. The molecule has 0 saturated heterocycles. The van der Waals surface area contributed by atoms with Crippen molar-refractivity contribution in [2.45, 2.75) is 40.2 Å². The van der Waals surface area contributed by atoms with Crippen LogP contribution in [0.2, 0.25) is 0 Å². The van der Waals surface area contributed by atoms with Gasteiger partial charge < -0.3 is 9.84 Å². The summed E-state index contributed by atoms with van der Waals surface area (Å²) in [6, 6.07) is 0. The number of hydrogen-bond acceptors (Lipinski definition) is 3. The molecule has 0 aliphatic rings. The van der Waals surface area contributed by atoms with Crippen LogP contribution in [0.4, 0.5) is 0 Å². The predicted octanol–water partition coefficient (Wildman–Crippen LogP) is 1.59. The van der Waals surface area contributed by atoms with Crippen molar-refractivity contribution in [3.05, 3.63) is 0 Å². The molecule has 0 radical (unpaired) electrons. The molecule has 0 saturated carbocycles. The molecule has 0 aliphatic carbocycles. The first-order valence-electron chi connectivity index (χ1n) is 4.69. The standard InChI is InChI=1S/C10H20O3/c1-6-13-9(11)8(7(2)3)10(4,5)12/h7-8,12H,6H2,1-5H3. The van der Waals surface area contributed by atoms with Crippen molar-refractivity contribution >= 4 is 5.97 Å². The number of hydrogen-bond donors (Lipinski definition) is 1. The summed E-state index contributed by atoms with van der Waals surface area (Å²) in [7, 11) is 0. The summed E-state index contributed by atoms with van der Waals surface area (Å²) in [6.07, 6.45) is 0. The van der Waals surface area contributed by atoms with E-state index in [2.05, 4.69) is 0 Å². The highest BCUT2D eigenvalue weighted by Gasteiger charge is 2.36. The van der Waals surface area contributed by atoms with Gasteiger partial charge in [-0.05, 0) is 26.7 Å². The van der Waals surface area contributed by atoms with Gasteiger partial charge in [-0.15, -0.1) is 0 Å². The predicted molar refractivity (Wildman–Crippen MR) is 51.3 cm³/mol. The molecule has 0 aromatic rings. The Morgan fingerprint density at radius 2 is 1.92 bits per heavy atom. The van der Waals surface area contributed by atoms with Crippen molar-refractivity contribution in [2.75, 3.05) is 6.61 Å². The largest absolute Gasteiger partial charge is 0.466 e. The molecular weight excluding hydrogens is 168 g/mol. The van der Waals surface area contributed by atoms with Crippen LogP contribution in [-0.2, 0) is 9.53 Å². The summed E-state index contributed by atoms with van der Waals surface area (Å²) in [5.41, 5.74) is -1.01. The van der Waals surface area contributed by atoms with Gasteiger partial charge in [0.2, 0.25) is 0 Å². The number of esters is 1. The van der Waals surface area contributed by atoms with E-state index in [4.69, 9.17) is 4.74 Å². The van der Waals surface area contributed by atoms with Crippen LogP contribution in [0.1, 0.15) is 34.6 Å². The van der Waals surface area contributed by atoms with Crippen molar-refractivity contribution in [1.82, 2.24) is 0 Å². The molecule has 0 heterocycles. The maximum Gasteiger partial charge on any atom is 0.312 e. The molecule has 0 aliphatic heterocycles. The molecule has 1 unspecified atom stereocenters. The Kier molecular flexibility index (Phi) is 4.40. The molecule has 13 heavy (non-hydrogen) atoms. The van der Waals surface area contributed by atoms with Crippen molar-refractivity contribution in [1.29, 1.82) is 0 Å². The summed E-state index contributed by atoms with van der Waals surface area (Å²) < 4.78 is 4.89. The number of rotatable bonds is 4. The third kappa shape index (κ3) is 3.77. The van der Waals surface area contributed by atoms with Gasteiger partial charge in [-0.25, -0.2) is 0 Å². The number of ether oxygens (including phenoxy) is 1. The molecule has 0 fully saturated rings. The second-order valence-corrected chi connectivity index (χ2v) is 4.13. The van der Waals surface area contributed by atoms with Crippen LogP contribution >= 0.6 is 0 Å². The van der Waals surface area contributed by atoms with Gasteiger partial charge in [0.05, 0.1) is 18.1 Å². The second kappa shape index (κ2) is 4.61. The third-order valence-electron chi connectivity index (χ3n) is 1.97. The first-order valence-corrected chi connectivity index (χ1v) is 4.69. The van der Waals surface area contributed by atoms with Crippen LogP contribution in [-0.4, -0.2) is 23.3 Å². The topological polar surface area (TPSA) is 46.5 Å². The summed E-state index contributed by atoms with van der Waals surface area (Å²) in [4.78, 5) is 11.4. The second-order valence-electron chi connectivity index (χ2n) is 4.13. The van der Waals surface area contributed by atoms with E-state index in [1.54, 1.807) is 20.8 Å². The molecule has 0 spiro atoms. The maximum absolute atomic E-state index is 11.4. The van der Waals surface area contributed by atoms with Gasteiger partial charge in [-0.3, -0.25) is 4.79 Å². The van der Waals surface area contributed by atoms with Gasteiger partial charge in [-0.2, -0.15) is 0 Å². The zero-order valence-corrected chi connectivity index (χ0v) is 9.13. The number of carbonyl (C=O) groups is 1. The van der Waals surface area contributed by atoms with E-state index >= 15 is 0 Å². The lowest BCUT2D eigenvalue weighted by Gasteiger charge is -2.30. The quantitative estimate of drug-likeness (QED) is 0.681. The van der Waals surface area contributed by atoms with E-state index in [1.165, 1.54) is 0 Å². The van der Waals surface area contributed by atoms with E-state index in [1.807, 2.05) is 13.8 Å². The van der Waals surface area contributed by atoms with Crippen LogP contribution in [0.25, 0.3) is 0 Å². The highest BCUT2D eigenvalue weighted by molar-refractivity contribution is 5.74.